The van der Waals surface area contributed by atoms with E-state index in [1.54, 1.807) is 0 Å². The smallest absolute Gasteiger partial charge is 0.329 e. The van der Waals surface area contributed by atoms with E-state index in [2.05, 4.69) is 0 Å². The highest BCUT2D eigenvalue weighted by atomic mass is 16.3. The van der Waals surface area contributed by atoms with Gasteiger partial charge in [0, 0.05) is 19.0 Å². The number of carbonyl (C=O) groups is 2. The first kappa shape index (κ1) is 15.3. The second kappa shape index (κ2) is 6.12. The van der Waals surface area contributed by atoms with Gasteiger partial charge in [-0.05, 0) is 25.7 Å². The van der Waals surface area contributed by atoms with Gasteiger partial charge >= 0.3 is 6.03 Å². The largest absolute Gasteiger partial charge is 0.363 e. The van der Waals surface area contributed by atoms with Gasteiger partial charge in [-0.15, -0.1) is 0 Å². The third kappa shape index (κ3) is 2.32. The molecule has 5 nitrogen and oxygen atoms in total. The molecule has 3 amide bonds. The second-order valence-corrected chi connectivity index (χ2v) is 5.95. The summed E-state index contributed by atoms with van der Waals surface area (Å²) in [6.07, 6.45) is 6.34. The summed E-state index contributed by atoms with van der Waals surface area (Å²) in [5.41, 5.74) is -1.59. The summed E-state index contributed by atoms with van der Waals surface area (Å²) in [5, 5.41) is 11.1. The molecular weight excluding hydrogens is 256 g/mol. The van der Waals surface area contributed by atoms with Crippen molar-refractivity contribution in [3.8, 4) is 0 Å². The monoisotopic (exact) mass is 282 g/mol. The van der Waals surface area contributed by atoms with Crippen LogP contribution in [-0.4, -0.2) is 45.7 Å². The molecule has 20 heavy (non-hydrogen) atoms. The minimum Gasteiger partial charge on any atom is -0.363 e. The van der Waals surface area contributed by atoms with E-state index in [-0.39, 0.29) is 11.9 Å². The van der Waals surface area contributed by atoms with Crippen LogP contribution in [0.5, 0.6) is 0 Å². The Labute approximate surface area is 120 Å². The molecule has 1 N–H and O–H groups in total. The van der Waals surface area contributed by atoms with Gasteiger partial charge in [0.05, 0.1) is 0 Å². The predicted molar refractivity (Wildman–Crippen MR) is 75.9 cm³/mol. The molecule has 114 valence electrons. The Morgan fingerprint density at radius 2 is 1.70 bits per heavy atom. The molecule has 0 aromatic rings. The molecule has 2 rings (SSSR count). The topological polar surface area (TPSA) is 60.9 Å². The van der Waals surface area contributed by atoms with Gasteiger partial charge in [0.15, 0.2) is 0 Å². The number of nitrogens with zero attached hydrogens (tertiary/aromatic N) is 2. The van der Waals surface area contributed by atoms with Crippen molar-refractivity contribution in [2.75, 3.05) is 13.1 Å². The number of hydrogen-bond acceptors (Lipinski definition) is 3. The summed E-state index contributed by atoms with van der Waals surface area (Å²) in [5.74, 6) is -0.509. The van der Waals surface area contributed by atoms with E-state index in [1.807, 2.05) is 13.8 Å². The molecule has 1 saturated carbocycles. The molecule has 0 aromatic carbocycles. The minimum absolute atomic E-state index is 0.110. The Morgan fingerprint density at radius 1 is 1.10 bits per heavy atom. The number of imide groups is 1. The molecule has 0 radical (unpaired) electrons. The molecule has 0 spiro atoms. The minimum atomic E-state index is -1.59. The number of urea groups is 1. The van der Waals surface area contributed by atoms with Crippen molar-refractivity contribution in [1.29, 1.82) is 0 Å². The van der Waals surface area contributed by atoms with E-state index in [9.17, 15) is 14.7 Å². The number of carbonyl (C=O) groups excluding carboxylic acids is 2. The van der Waals surface area contributed by atoms with E-state index in [4.69, 9.17) is 0 Å². The molecule has 1 heterocycles. The lowest BCUT2D eigenvalue weighted by Crippen LogP contribution is -2.56. The van der Waals surface area contributed by atoms with Crippen LogP contribution in [0.3, 0.4) is 0 Å². The number of amides is 3. The summed E-state index contributed by atoms with van der Waals surface area (Å²) in [6, 6.07) is -0.313. The van der Waals surface area contributed by atoms with Crippen molar-refractivity contribution in [2.24, 2.45) is 5.92 Å². The van der Waals surface area contributed by atoms with Crippen LogP contribution in [0.25, 0.3) is 0 Å². The van der Waals surface area contributed by atoms with E-state index in [1.165, 1.54) is 9.80 Å². The van der Waals surface area contributed by atoms with Gasteiger partial charge in [-0.25, -0.2) is 4.79 Å². The van der Waals surface area contributed by atoms with Crippen molar-refractivity contribution >= 4 is 11.9 Å². The van der Waals surface area contributed by atoms with Gasteiger partial charge in [-0.1, -0.05) is 33.1 Å². The first-order valence-corrected chi connectivity index (χ1v) is 7.93. The number of hydrogen-bond donors (Lipinski definition) is 1. The van der Waals surface area contributed by atoms with E-state index < -0.39 is 11.6 Å². The fourth-order valence-corrected chi connectivity index (χ4v) is 3.50. The normalized spacial score (nSPS) is 28.6. The molecule has 2 aliphatic rings. The molecule has 1 atom stereocenters. The highest BCUT2D eigenvalue weighted by Gasteiger charge is 2.59. The fraction of sp³-hybridized carbons (Fsp3) is 0.867. The van der Waals surface area contributed by atoms with Crippen molar-refractivity contribution < 1.29 is 14.7 Å². The zero-order chi connectivity index (χ0) is 14.8. The van der Waals surface area contributed by atoms with Crippen LogP contribution < -0.4 is 0 Å². The van der Waals surface area contributed by atoms with Gasteiger partial charge < -0.3 is 5.11 Å². The molecule has 1 unspecified atom stereocenters. The van der Waals surface area contributed by atoms with Crippen molar-refractivity contribution in [1.82, 2.24) is 9.80 Å². The van der Waals surface area contributed by atoms with Crippen LogP contribution in [-0.2, 0) is 4.79 Å². The first-order valence-electron chi connectivity index (χ1n) is 7.93. The van der Waals surface area contributed by atoms with Crippen LogP contribution in [0.1, 0.15) is 58.8 Å². The zero-order valence-corrected chi connectivity index (χ0v) is 12.6. The Balaban J connectivity index is 2.30. The third-order valence-corrected chi connectivity index (χ3v) is 4.50. The van der Waals surface area contributed by atoms with Crippen LogP contribution in [0, 0.1) is 5.92 Å². The van der Waals surface area contributed by atoms with Gasteiger partial charge in [-0.2, -0.15) is 0 Å². The second-order valence-electron chi connectivity index (χ2n) is 5.95. The van der Waals surface area contributed by atoms with E-state index in [0.29, 0.717) is 13.1 Å². The zero-order valence-electron chi connectivity index (χ0n) is 12.6. The summed E-state index contributed by atoms with van der Waals surface area (Å²) in [7, 11) is 0. The highest BCUT2D eigenvalue weighted by molar-refractivity contribution is 6.06. The van der Waals surface area contributed by atoms with Crippen LogP contribution in [0.15, 0.2) is 0 Å². The summed E-state index contributed by atoms with van der Waals surface area (Å²) < 4.78 is 0. The molecule has 0 bridgehead atoms. The number of aliphatic hydroxyl groups is 1. The first-order chi connectivity index (χ1) is 9.57. The van der Waals surface area contributed by atoms with Crippen LogP contribution >= 0.6 is 0 Å². The highest BCUT2D eigenvalue weighted by Crippen LogP contribution is 2.40. The molecule has 5 heteroatoms. The summed E-state index contributed by atoms with van der Waals surface area (Å²) >= 11 is 0. The average molecular weight is 282 g/mol. The third-order valence-electron chi connectivity index (χ3n) is 4.50. The van der Waals surface area contributed by atoms with Crippen molar-refractivity contribution in [3.05, 3.63) is 0 Å². The molecule has 1 aliphatic heterocycles. The van der Waals surface area contributed by atoms with Crippen molar-refractivity contribution in [2.45, 2.75) is 64.5 Å². The molecule has 1 aliphatic carbocycles. The van der Waals surface area contributed by atoms with E-state index in [0.717, 1.165) is 44.9 Å². The number of rotatable bonds is 5. The standard InChI is InChI=1S/C15H26N2O3/c1-3-10-16-13(18)15(20,12-8-6-5-7-9-12)17(11-4-2)14(16)19/h12,20H,3-11H2,1-2H3. The SMILES string of the molecule is CCCN1C(=O)N(CCC)C(O)(C2CCCCC2)C1=O. The molecule has 0 aromatic heterocycles. The Bertz CT molecular complexity index is 379. The fourth-order valence-electron chi connectivity index (χ4n) is 3.50. The maximum atomic E-state index is 12.6. The maximum Gasteiger partial charge on any atom is 0.329 e. The van der Waals surface area contributed by atoms with Gasteiger partial charge in [-0.3, -0.25) is 14.6 Å². The van der Waals surface area contributed by atoms with E-state index >= 15 is 0 Å². The quantitative estimate of drug-likeness (QED) is 0.787. The van der Waals surface area contributed by atoms with Crippen LogP contribution in [0.2, 0.25) is 0 Å². The Kier molecular flexibility index (Phi) is 4.68. The lowest BCUT2D eigenvalue weighted by atomic mass is 9.80. The lowest BCUT2D eigenvalue weighted by molar-refractivity contribution is -0.166. The summed E-state index contributed by atoms with van der Waals surface area (Å²) in [6.45, 7) is 4.73. The average Bonchev–Trinajstić information content (AvgIpc) is 2.65. The summed E-state index contributed by atoms with van der Waals surface area (Å²) in [4.78, 5) is 27.7. The Morgan fingerprint density at radius 3 is 2.25 bits per heavy atom. The Hall–Kier alpha value is -1.10. The molecular formula is C15H26N2O3. The van der Waals surface area contributed by atoms with Gasteiger partial charge in [0.25, 0.3) is 5.91 Å². The maximum absolute atomic E-state index is 12.6. The van der Waals surface area contributed by atoms with Crippen LogP contribution in [0.4, 0.5) is 4.79 Å². The molecule has 2 fully saturated rings. The lowest BCUT2D eigenvalue weighted by Gasteiger charge is -2.38. The van der Waals surface area contributed by atoms with Crippen molar-refractivity contribution in [3.63, 3.8) is 0 Å². The predicted octanol–water partition coefficient (Wildman–Crippen LogP) is 2.34. The molecule has 1 saturated heterocycles. The van der Waals surface area contributed by atoms with Gasteiger partial charge in [0.2, 0.25) is 5.72 Å². The van der Waals surface area contributed by atoms with Gasteiger partial charge in [0.1, 0.15) is 0 Å².